The molecule has 2 amide bonds. The number of nitrogens with one attached hydrogen (secondary N) is 2. The number of aromatic nitrogens is 1. The van der Waals surface area contributed by atoms with Crippen molar-refractivity contribution in [3.63, 3.8) is 0 Å². The molecule has 1 aliphatic heterocycles. The van der Waals surface area contributed by atoms with Crippen LogP contribution in [0.25, 0.3) is 28.5 Å². The zero-order valence-corrected chi connectivity index (χ0v) is 27.2. The van der Waals surface area contributed by atoms with E-state index in [1.54, 1.807) is 24.3 Å². The molecular formula is C36H44FN5O5. The van der Waals surface area contributed by atoms with Crippen molar-refractivity contribution >= 4 is 23.8 Å². The van der Waals surface area contributed by atoms with Gasteiger partial charge in [0.25, 0.3) is 0 Å². The van der Waals surface area contributed by atoms with Gasteiger partial charge in [0.05, 0.1) is 30.0 Å². The highest BCUT2D eigenvalue weighted by molar-refractivity contribution is 5.90. The van der Waals surface area contributed by atoms with Crippen LogP contribution in [0, 0.1) is 5.82 Å². The van der Waals surface area contributed by atoms with Crippen molar-refractivity contribution in [2.24, 2.45) is 0 Å². The monoisotopic (exact) mass is 645 g/mol. The Labute approximate surface area is 274 Å². The molecule has 2 atom stereocenters. The molecule has 0 bridgehead atoms. The molecule has 0 spiro atoms. The highest BCUT2D eigenvalue weighted by atomic mass is 19.1. The van der Waals surface area contributed by atoms with E-state index in [0.29, 0.717) is 12.1 Å². The number of aliphatic hydroxyl groups is 2. The molecule has 1 aromatic heterocycles. The van der Waals surface area contributed by atoms with E-state index in [1.807, 2.05) is 37.1 Å². The number of urea groups is 1. The Bertz CT molecular complexity index is 1620. The normalized spacial score (nSPS) is 16.7. The lowest BCUT2D eigenvalue weighted by atomic mass is 9.86. The Morgan fingerprint density at radius 1 is 1.04 bits per heavy atom. The molecule has 5 N–H and O–H groups in total. The first kappa shape index (κ1) is 34.2. The topological polar surface area (TPSA) is 138 Å². The molecule has 47 heavy (non-hydrogen) atoms. The quantitative estimate of drug-likeness (QED) is 0.207. The smallest absolute Gasteiger partial charge is 0.333 e. The summed E-state index contributed by atoms with van der Waals surface area (Å²) in [5, 5.41) is 34.6. The average molecular weight is 646 g/mol. The van der Waals surface area contributed by atoms with E-state index in [2.05, 4.69) is 22.7 Å². The molecule has 11 heteroatoms. The van der Waals surface area contributed by atoms with Crippen LogP contribution in [0.15, 0.2) is 48.5 Å². The summed E-state index contributed by atoms with van der Waals surface area (Å²) in [6.07, 6.45) is 2.79. The second-order valence-electron chi connectivity index (χ2n) is 12.8. The fourth-order valence-corrected chi connectivity index (χ4v) is 6.31. The number of aliphatic carboxylic acids is 1. The molecule has 1 fully saturated rings. The number of carboxylic acids is 1. The molecule has 1 saturated heterocycles. The number of carbonyl (C=O) groups excluding carboxylic acids is 1. The third kappa shape index (κ3) is 8.61. The average Bonchev–Trinajstić information content (AvgIpc) is 3.19. The Morgan fingerprint density at radius 3 is 2.45 bits per heavy atom. The van der Waals surface area contributed by atoms with Crippen LogP contribution in [-0.4, -0.2) is 87.6 Å². The van der Waals surface area contributed by atoms with Gasteiger partial charge in [0.1, 0.15) is 5.82 Å². The number of nitrogens with zero attached hydrogens (tertiary/aromatic N) is 3. The maximum atomic E-state index is 14.1. The van der Waals surface area contributed by atoms with Gasteiger partial charge in [0, 0.05) is 49.4 Å². The highest BCUT2D eigenvalue weighted by Gasteiger charge is 2.26. The summed E-state index contributed by atoms with van der Waals surface area (Å²) in [5.74, 6) is -1.50. The summed E-state index contributed by atoms with van der Waals surface area (Å²) in [5.41, 5.74) is 10.8. The largest absolute Gasteiger partial charge is 0.481 e. The van der Waals surface area contributed by atoms with Gasteiger partial charge in [0.15, 0.2) is 0 Å². The molecule has 0 saturated carbocycles. The van der Waals surface area contributed by atoms with E-state index < -0.39 is 24.6 Å². The first-order valence-corrected chi connectivity index (χ1v) is 16.2. The molecule has 2 aromatic carbocycles. The van der Waals surface area contributed by atoms with Crippen LogP contribution in [0.1, 0.15) is 61.4 Å². The predicted octanol–water partition coefficient (Wildman–Crippen LogP) is 5.05. The van der Waals surface area contributed by atoms with Crippen LogP contribution in [0.5, 0.6) is 0 Å². The molecular weight excluding hydrogens is 601 g/mol. The summed E-state index contributed by atoms with van der Waals surface area (Å²) < 4.78 is 14.1. The Morgan fingerprint density at radius 2 is 1.77 bits per heavy atom. The van der Waals surface area contributed by atoms with E-state index >= 15 is 0 Å². The van der Waals surface area contributed by atoms with Crippen molar-refractivity contribution in [1.29, 1.82) is 0 Å². The summed E-state index contributed by atoms with van der Waals surface area (Å²) in [4.78, 5) is 31.3. The van der Waals surface area contributed by atoms with Crippen LogP contribution in [0.3, 0.4) is 0 Å². The van der Waals surface area contributed by atoms with Crippen LogP contribution >= 0.6 is 0 Å². The van der Waals surface area contributed by atoms with E-state index in [4.69, 9.17) is 10.1 Å². The third-order valence-electron chi connectivity index (χ3n) is 8.71. The minimum Gasteiger partial charge on any atom is -0.481 e. The van der Waals surface area contributed by atoms with Crippen LogP contribution in [0.4, 0.5) is 14.9 Å². The number of halogens is 1. The molecule has 250 valence electrons. The Hall–Kier alpha value is -4.16. The number of likely N-dealkylation sites (N-methyl/N-ethyl adjacent to an activating group) is 1. The van der Waals surface area contributed by atoms with E-state index in [9.17, 15) is 24.2 Å². The van der Waals surface area contributed by atoms with Crippen LogP contribution in [0.2, 0.25) is 0 Å². The number of piperazine rings is 1. The van der Waals surface area contributed by atoms with Gasteiger partial charge in [-0.25, -0.2) is 14.2 Å². The van der Waals surface area contributed by atoms with Gasteiger partial charge in [0.2, 0.25) is 0 Å². The lowest BCUT2D eigenvalue weighted by molar-refractivity contribution is -0.139. The highest BCUT2D eigenvalue weighted by Crippen LogP contribution is 2.42. The summed E-state index contributed by atoms with van der Waals surface area (Å²) >= 11 is 0. The minimum absolute atomic E-state index is 0.0141. The fourth-order valence-electron chi connectivity index (χ4n) is 6.31. The second-order valence-corrected chi connectivity index (χ2v) is 12.8. The predicted molar refractivity (Wildman–Crippen MR) is 180 cm³/mol. The second kappa shape index (κ2) is 15.2. The molecule has 0 radical (unpaired) electrons. The number of hydrazine groups is 1. The van der Waals surface area contributed by atoms with Crippen molar-refractivity contribution in [1.82, 2.24) is 20.3 Å². The number of pyridine rings is 1. The summed E-state index contributed by atoms with van der Waals surface area (Å²) in [7, 11) is 2.06. The number of anilines is 1. The molecule has 10 nitrogen and oxygen atoms in total. The zero-order chi connectivity index (χ0) is 33.7. The van der Waals surface area contributed by atoms with Crippen molar-refractivity contribution in [2.45, 2.75) is 64.1 Å². The number of carboxylic acid groups (broad SMARTS) is 1. The van der Waals surface area contributed by atoms with Gasteiger partial charge in [-0.1, -0.05) is 44.2 Å². The molecule has 0 unspecified atom stereocenters. The SMILES string of the molecule is CC(C)c1nc2c(c(-c3ccc(F)cc3)c1C=C[C@@H](O)C[C@@H](O)CC(=O)O)CCCc1cc(NC(=O)NN3CCN(C)CC3)ccc1-2. The lowest BCUT2D eigenvalue weighted by Gasteiger charge is -2.32. The molecule has 2 heterocycles. The molecule has 3 aromatic rings. The number of aryl methyl sites for hydroxylation is 1. The van der Waals surface area contributed by atoms with Gasteiger partial charge in [-0.2, -0.15) is 0 Å². The van der Waals surface area contributed by atoms with Crippen molar-refractivity contribution in [3.8, 4) is 22.4 Å². The van der Waals surface area contributed by atoms with Crippen LogP contribution < -0.4 is 10.7 Å². The first-order valence-electron chi connectivity index (χ1n) is 16.2. The number of hydrogen-bond donors (Lipinski definition) is 5. The first-order chi connectivity index (χ1) is 22.5. The molecule has 1 aliphatic carbocycles. The van der Waals surface area contributed by atoms with Gasteiger partial charge >= 0.3 is 12.0 Å². The van der Waals surface area contributed by atoms with Gasteiger partial charge in [-0.05, 0) is 78.7 Å². The standard InChI is InChI=1S/C36H44FN5O5/c1-22(2)34-31(14-12-27(43)20-28(44)21-32(45)46)33(23-7-9-25(37)10-8-23)30-6-4-5-24-19-26(11-13-29(24)35(30)39-34)38-36(47)40-42-17-15-41(3)16-18-42/h7-14,19,22,27-28,43-44H,4-6,15-18,20-21H2,1-3H3,(H,45,46)(H2,38,40,47)/t27-,28-/m1/s1. The van der Waals surface area contributed by atoms with Crippen LogP contribution in [-0.2, 0) is 17.6 Å². The number of rotatable bonds is 10. The third-order valence-corrected chi connectivity index (χ3v) is 8.71. The lowest BCUT2D eigenvalue weighted by Crippen LogP contribution is -2.53. The molecule has 2 aliphatic rings. The number of benzene rings is 2. The van der Waals surface area contributed by atoms with Gasteiger partial charge in [-0.3, -0.25) is 15.2 Å². The Balaban J connectivity index is 1.52. The maximum Gasteiger partial charge on any atom is 0.333 e. The summed E-state index contributed by atoms with van der Waals surface area (Å²) in [6, 6.07) is 12.0. The van der Waals surface area contributed by atoms with Gasteiger partial charge < -0.3 is 25.5 Å². The fraction of sp³-hybridized carbons (Fsp3) is 0.417. The maximum absolute atomic E-state index is 14.1. The zero-order valence-electron chi connectivity index (χ0n) is 27.2. The van der Waals surface area contributed by atoms with Crippen molar-refractivity contribution in [3.05, 3.63) is 76.7 Å². The number of hydrogen-bond acceptors (Lipinski definition) is 7. The minimum atomic E-state index is -1.19. The van der Waals surface area contributed by atoms with Crippen molar-refractivity contribution < 1.29 is 29.3 Å². The van der Waals surface area contributed by atoms with Gasteiger partial charge in [-0.15, -0.1) is 0 Å². The molecule has 5 rings (SSSR count). The number of fused-ring (bicyclic) bond motifs is 3. The number of aliphatic hydroxyl groups excluding tert-OH is 2. The Kier molecular flexibility index (Phi) is 11.0. The van der Waals surface area contributed by atoms with E-state index in [0.717, 1.165) is 83.8 Å². The summed E-state index contributed by atoms with van der Waals surface area (Å²) in [6.45, 7) is 7.37. The number of amides is 2. The number of carbonyl (C=O) groups is 2. The van der Waals surface area contributed by atoms with E-state index in [-0.39, 0.29) is 24.2 Å². The van der Waals surface area contributed by atoms with Crippen molar-refractivity contribution in [2.75, 3.05) is 38.5 Å². The van der Waals surface area contributed by atoms with E-state index in [1.165, 1.54) is 12.1 Å².